The van der Waals surface area contributed by atoms with Gasteiger partial charge in [-0.1, -0.05) is 53.7 Å². The molecule has 0 fully saturated rings. The third-order valence-corrected chi connectivity index (χ3v) is 4.63. The first-order valence-electron chi connectivity index (χ1n) is 9.07. The zero-order chi connectivity index (χ0) is 18.8. The van der Waals surface area contributed by atoms with Crippen LogP contribution in [0.4, 0.5) is 0 Å². The highest BCUT2D eigenvalue weighted by molar-refractivity contribution is 5.92. The average molecular weight is 367 g/mol. The van der Waals surface area contributed by atoms with Crippen LogP contribution in [0.15, 0.2) is 83.8 Å². The van der Waals surface area contributed by atoms with Crippen molar-refractivity contribution in [3.63, 3.8) is 0 Å². The van der Waals surface area contributed by atoms with Gasteiger partial charge in [-0.15, -0.1) is 0 Å². The molecule has 0 aliphatic rings. The number of rotatable bonds is 5. The Morgan fingerprint density at radius 1 is 0.857 bits per heavy atom. The third kappa shape index (κ3) is 3.16. The van der Waals surface area contributed by atoms with Crippen molar-refractivity contribution in [2.45, 2.75) is 13.0 Å². The van der Waals surface area contributed by atoms with Gasteiger partial charge >= 0.3 is 0 Å². The number of para-hydroxylation sites is 1. The summed E-state index contributed by atoms with van der Waals surface area (Å²) in [7, 11) is 0. The summed E-state index contributed by atoms with van der Waals surface area (Å²) in [6.45, 7) is 0.490. The van der Waals surface area contributed by atoms with Gasteiger partial charge in [-0.2, -0.15) is 4.98 Å². The molecule has 0 bridgehead atoms. The summed E-state index contributed by atoms with van der Waals surface area (Å²) in [5.74, 6) is 2.09. The molecule has 0 aliphatic carbocycles. The fourth-order valence-corrected chi connectivity index (χ4v) is 3.32. The molecule has 0 unspecified atom stereocenters. The maximum absolute atomic E-state index is 5.43. The van der Waals surface area contributed by atoms with Gasteiger partial charge in [0.1, 0.15) is 5.82 Å². The lowest BCUT2D eigenvalue weighted by molar-refractivity contribution is 0.378. The van der Waals surface area contributed by atoms with Crippen LogP contribution in [0.5, 0.6) is 0 Å². The Labute approximate surface area is 161 Å². The normalized spacial score (nSPS) is 11.1. The first-order chi connectivity index (χ1) is 13.9. The van der Waals surface area contributed by atoms with E-state index in [1.807, 2.05) is 71.6 Å². The van der Waals surface area contributed by atoms with Crippen molar-refractivity contribution >= 4 is 10.9 Å². The molecule has 0 amide bonds. The molecule has 6 heteroatoms. The summed E-state index contributed by atoms with van der Waals surface area (Å²) >= 11 is 0. The minimum absolute atomic E-state index is 0.490. The second-order valence-electron chi connectivity index (χ2n) is 6.52. The van der Waals surface area contributed by atoms with E-state index < -0.39 is 0 Å². The number of hydrogen-bond donors (Lipinski definition) is 0. The van der Waals surface area contributed by atoms with Crippen molar-refractivity contribution in [3.8, 4) is 11.4 Å². The third-order valence-electron chi connectivity index (χ3n) is 4.63. The molecule has 3 aromatic heterocycles. The fourth-order valence-electron chi connectivity index (χ4n) is 3.32. The highest BCUT2D eigenvalue weighted by Gasteiger charge is 2.13. The van der Waals surface area contributed by atoms with Gasteiger partial charge in [-0.3, -0.25) is 4.98 Å². The summed E-state index contributed by atoms with van der Waals surface area (Å²) in [6, 6.07) is 20.1. The molecular formula is C22H17N5O. The number of benzene rings is 2. The van der Waals surface area contributed by atoms with Crippen molar-refractivity contribution in [2.24, 2.45) is 0 Å². The van der Waals surface area contributed by atoms with Crippen LogP contribution in [0, 0.1) is 0 Å². The van der Waals surface area contributed by atoms with E-state index in [-0.39, 0.29) is 0 Å². The van der Waals surface area contributed by atoms with E-state index >= 15 is 0 Å². The highest BCUT2D eigenvalue weighted by Crippen LogP contribution is 2.26. The number of aromatic nitrogens is 5. The van der Waals surface area contributed by atoms with Crippen LogP contribution < -0.4 is 0 Å². The van der Waals surface area contributed by atoms with E-state index in [4.69, 9.17) is 4.52 Å². The van der Waals surface area contributed by atoms with E-state index in [1.165, 1.54) is 0 Å². The topological polar surface area (TPSA) is 69.6 Å². The second kappa shape index (κ2) is 7.08. The van der Waals surface area contributed by atoms with Crippen LogP contribution in [-0.4, -0.2) is 24.7 Å². The zero-order valence-electron chi connectivity index (χ0n) is 15.1. The molecule has 0 atom stereocenters. The first-order valence-corrected chi connectivity index (χ1v) is 9.07. The van der Waals surface area contributed by atoms with Crippen LogP contribution in [-0.2, 0) is 13.0 Å². The van der Waals surface area contributed by atoms with Gasteiger partial charge in [-0.25, -0.2) is 4.98 Å². The van der Waals surface area contributed by atoms with Crippen molar-refractivity contribution in [3.05, 3.63) is 96.5 Å². The molecule has 0 saturated carbocycles. The Balaban J connectivity index is 1.43. The summed E-state index contributed by atoms with van der Waals surface area (Å²) in [6.07, 6.45) is 6.15. The second-order valence-corrected chi connectivity index (χ2v) is 6.52. The molecule has 6 nitrogen and oxygen atoms in total. The highest BCUT2D eigenvalue weighted by atomic mass is 16.5. The van der Waals surface area contributed by atoms with Gasteiger partial charge in [0.15, 0.2) is 5.82 Å². The molecule has 0 aliphatic heterocycles. The van der Waals surface area contributed by atoms with E-state index in [1.54, 1.807) is 6.20 Å². The van der Waals surface area contributed by atoms with Crippen LogP contribution in [0.1, 0.15) is 17.3 Å². The number of hydrogen-bond acceptors (Lipinski definition) is 5. The van der Waals surface area contributed by atoms with Gasteiger partial charge in [0.05, 0.1) is 18.5 Å². The van der Waals surface area contributed by atoms with Crippen LogP contribution >= 0.6 is 0 Å². The largest absolute Gasteiger partial charge is 0.339 e. The van der Waals surface area contributed by atoms with E-state index in [2.05, 4.69) is 26.2 Å². The number of imidazole rings is 1. The van der Waals surface area contributed by atoms with E-state index in [9.17, 15) is 0 Å². The Kier molecular flexibility index (Phi) is 4.14. The maximum atomic E-state index is 5.43. The quantitative estimate of drug-likeness (QED) is 0.467. The minimum Gasteiger partial charge on any atom is -0.339 e. The van der Waals surface area contributed by atoms with E-state index in [0.717, 1.165) is 27.9 Å². The standard InChI is InChI=1S/C22H17N5O/c1-2-6-16(7-3-1)14-21-25-20(26-28-21)15-27-13-12-24-22(27)18-10-11-23-19-9-5-4-8-17(18)19/h1-13H,14-15H2. The number of fused-ring (bicyclic) bond motifs is 1. The summed E-state index contributed by atoms with van der Waals surface area (Å²) < 4.78 is 7.46. The number of pyridine rings is 1. The lowest BCUT2D eigenvalue weighted by Crippen LogP contribution is -2.03. The summed E-state index contributed by atoms with van der Waals surface area (Å²) in [4.78, 5) is 13.5. The molecule has 0 spiro atoms. The van der Waals surface area contributed by atoms with Crippen LogP contribution in [0.3, 0.4) is 0 Å². The lowest BCUT2D eigenvalue weighted by Gasteiger charge is -2.08. The van der Waals surface area contributed by atoms with Crippen molar-refractivity contribution in [2.75, 3.05) is 0 Å². The SMILES string of the molecule is c1ccc(Cc2nc(Cn3ccnc3-c3ccnc4ccccc34)no2)cc1. The zero-order valence-corrected chi connectivity index (χ0v) is 15.1. The van der Waals surface area contributed by atoms with Gasteiger partial charge in [0.2, 0.25) is 5.89 Å². The van der Waals surface area contributed by atoms with Gasteiger partial charge in [0, 0.05) is 29.5 Å². The molecule has 5 rings (SSSR count). The molecule has 2 aromatic carbocycles. The Morgan fingerprint density at radius 2 is 1.71 bits per heavy atom. The van der Waals surface area contributed by atoms with E-state index in [0.29, 0.717) is 24.7 Å². The Morgan fingerprint density at radius 3 is 2.64 bits per heavy atom. The molecule has 3 heterocycles. The van der Waals surface area contributed by atoms with Crippen molar-refractivity contribution in [1.29, 1.82) is 0 Å². The smallest absolute Gasteiger partial charge is 0.231 e. The monoisotopic (exact) mass is 367 g/mol. The molecule has 0 radical (unpaired) electrons. The molecular weight excluding hydrogens is 350 g/mol. The van der Waals surface area contributed by atoms with Gasteiger partial charge in [0.25, 0.3) is 0 Å². The summed E-state index contributed by atoms with van der Waals surface area (Å²) in [5.41, 5.74) is 3.12. The maximum Gasteiger partial charge on any atom is 0.231 e. The fraction of sp³-hybridized carbons (Fsp3) is 0.0909. The van der Waals surface area contributed by atoms with Crippen molar-refractivity contribution in [1.82, 2.24) is 24.7 Å². The van der Waals surface area contributed by atoms with Crippen molar-refractivity contribution < 1.29 is 4.52 Å². The summed E-state index contributed by atoms with van der Waals surface area (Å²) in [5, 5.41) is 5.20. The minimum atomic E-state index is 0.490. The predicted octanol–water partition coefficient (Wildman–Crippen LogP) is 4.12. The van der Waals surface area contributed by atoms with Crippen LogP contribution in [0.2, 0.25) is 0 Å². The van der Waals surface area contributed by atoms with Gasteiger partial charge in [-0.05, 0) is 17.7 Å². The first kappa shape index (κ1) is 16.4. The molecule has 136 valence electrons. The Hall–Kier alpha value is -3.80. The molecule has 0 saturated heterocycles. The average Bonchev–Trinajstić information content (AvgIpc) is 3.38. The predicted molar refractivity (Wildman–Crippen MR) is 106 cm³/mol. The molecule has 0 N–H and O–H groups in total. The van der Waals surface area contributed by atoms with Crippen LogP contribution in [0.25, 0.3) is 22.3 Å². The van der Waals surface area contributed by atoms with Gasteiger partial charge < -0.3 is 9.09 Å². The Bertz CT molecular complexity index is 1220. The lowest BCUT2D eigenvalue weighted by atomic mass is 10.1. The number of nitrogens with zero attached hydrogens (tertiary/aromatic N) is 5. The molecule has 28 heavy (non-hydrogen) atoms. The molecule has 5 aromatic rings.